The van der Waals surface area contributed by atoms with Crippen molar-refractivity contribution in [3.05, 3.63) is 0 Å². The van der Waals surface area contributed by atoms with E-state index in [1.807, 2.05) is 13.8 Å². The molecule has 1 fully saturated rings. The summed E-state index contributed by atoms with van der Waals surface area (Å²) in [6.07, 6.45) is 0.285. The predicted molar refractivity (Wildman–Crippen MR) is 59.1 cm³/mol. The minimum Gasteiger partial charge on any atom is -0.444 e. The van der Waals surface area contributed by atoms with Crippen molar-refractivity contribution in [2.45, 2.75) is 38.9 Å². The zero-order valence-corrected chi connectivity index (χ0v) is 10.2. The molecule has 1 rings (SSSR count). The molecule has 0 aliphatic carbocycles. The largest absolute Gasteiger partial charge is 0.444 e. The van der Waals surface area contributed by atoms with Crippen molar-refractivity contribution in [1.29, 1.82) is 0 Å². The molecule has 5 nitrogen and oxygen atoms in total. The number of hydrogen-bond acceptors (Lipinski definition) is 4. The Kier molecular flexibility index (Phi) is 4.56. The number of epoxide rings is 1. The highest BCUT2D eigenvalue weighted by Gasteiger charge is 2.26. The Morgan fingerprint density at radius 2 is 2.25 bits per heavy atom. The summed E-state index contributed by atoms with van der Waals surface area (Å²) >= 11 is 0. The predicted octanol–water partition coefficient (Wildman–Crippen LogP) is 1.30. The lowest BCUT2D eigenvalue weighted by Gasteiger charge is -2.27. The third kappa shape index (κ3) is 5.92. The van der Waals surface area contributed by atoms with E-state index in [1.165, 1.54) is 0 Å². The van der Waals surface area contributed by atoms with Crippen LogP contribution in [0.1, 0.15) is 27.2 Å². The summed E-state index contributed by atoms with van der Waals surface area (Å²) in [6.45, 7) is 7.86. The fourth-order valence-electron chi connectivity index (χ4n) is 1.78. The van der Waals surface area contributed by atoms with Gasteiger partial charge in [-0.2, -0.15) is 0 Å². The summed E-state index contributed by atoms with van der Waals surface area (Å²) in [6, 6.07) is 0. The molecule has 2 atom stereocenters. The van der Waals surface area contributed by atoms with Gasteiger partial charge in [0.05, 0.1) is 13.2 Å². The SMILES string of the molecule is CC(COCC1CO1)CC(C)(C)OC(N)=O. The van der Waals surface area contributed by atoms with Gasteiger partial charge in [0.2, 0.25) is 0 Å². The molecule has 0 aromatic carbocycles. The van der Waals surface area contributed by atoms with Gasteiger partial charge in [-0.25, -0.2) is 4.79 Å². The van der Waals surface area contributed by atoms with E-state index in [1.54, 1.807) is 0 Å². The summed E-state index contributed by atoms with van der Waals surface area (Å²) in [7, 11) is 0. The van der Waals surface area contributed by atoms with Crippen molar-refractivity contribution < 1.29 is 19.0 Å². The second-order valence-corrected chi connectivity index (χ2v) is 4.98. The Bertz CT molecular complexity index is 238. The van der Waals surface area contributed by atoms with Crippen molar-refractivity contribution in [1.82, 2.24) is 0 Å². The van der Waals surface area contributed by atoms with Crippen molar-refractivity contribution in [3.8, 4) is 0 Å². The number of primary amides is 1. The molecule has 2 N–H and O–H groups in total. The average Bonchev–Trinajstić information content (AvgIpc) is 2.83. The third-order valence-electron chi connectivity index (χ3n) is 2.33. The molecule has 0 saturated carbocycles. The monoisotopic (exact) mass is 231 g/mol. The van der Waals surface area contributed by atoms with Gasteiger partial charge in [0.1, 0.15) is 11.7 Å². The first-order valence-electron chi connectivity index (χ1n) is 5.57. The average molecular weight is 231 g/mol. The van der Waals surface area contributed by atoms with E-state index in [0.29, 0.717) is 25.2 Å². The third-order valence-corrected chi connectivity index (χ3v) is 2.33. The Morgan fingerprint density at radius 3 is 2.75 bits per heavy atom. The highest BCUT2D eigenvalue weighted by molar-refractivity contribution is 5.65. The van der Waals surface area contributed by atoms with Crippen molar-refractivity contribution in [3.63, 3.8) is 0 Å². The number of amides is 1. The molecule has 0 radical (unpaired) electrons. The topological polar surface area (TPSA) is 74.1 Å². The highest BCUT2D eigenvalue weighted by Crippen LogP contribution is 2.21. The van der Waals surface area contributed by atoms with Crippen LogP contribution < -0.4 is 5.73 Å². The molecule has 0 spiro atoms. The van der Waals surface area contributed by atoms with Gasteiger partial charge in [-0.1, -0.05) is 6.92 Å². The Labute approximate surface area is 96.2 Å². The number of hydrogen-bond donors (Lipinski definition) is 1. The van der Waals surface area contributed by atoms with E-state index in [2.05, 4.69) is 6.92 Å². The molecule has 0 aromatic rings. The molecule has 1 aliphatic heterocycles. The second kappa shape index (κ2) is 5.50. The van der Waals surface area contributed by atoms with Crippen LogP contribution >= 0.6 is 0 Å². The summed E-state index contributed by atoms with van der Waals surface area (Å²) in [5.74, 6) is 0.313. The summed E-state index contributed by atoms with van der Waals surface area (Å²) in [5.41, 5.74) is 4.46. The summed E-state index contributed by atoms with van der Waals surface area (Å²) < 4.78 is 15.5. The lowest BCUT2D eigenvalue weighted by molar-refractivity contribution is 0.00997. The van der Waals surface area contributed by atoms with Gasteiger partial charge in [-0.15, -0.1) is 0 Å². The smallest absolute Gasteiger partial charge is 0.405 e. The molecule has 16 heavy (non-hydrogen) atoms. The van der Waals surface area contributed by atoms with E-state index in [4.69, 9.17) is 19.9 Å². The molecule has 0 aromatic heterocycles. The normalized spacial score (nSPS) is 21.6. The van der Waals surface area contributed by atoms with Crippen LogP contribution in [0.4, 0.5) is 4.79 Å². The van der Waals surface area contributed by atoms with Crippen molar-refractivity contribution >= 4 is 6.09 Å². The van der Waals surface area contributed by atoms with Crippen LogP contribution in [0.15, 0.2) is 0 Å². The highest BCUT2D eigenvalue weighted by atomic mass is 16.6. The molecule has 5 heteroatoms. The van der Waals surface area contributed by atoms with E-state index < -0.39 is 11.7 Å². The first kappa shape index (κ1) is 13.3. The molecular formula is C11H21NO4. The van der Waals surface area contributed by atoms with Crippen LogP contribution in [0.25, 0.3) is 0 Å². The molecular weight excluding hydrogens is 210 g/mol. The van der Waals surface area contributed by atoms with Crippen LogP contribution in [0.2, 0.25) is 0 Å². The van der Waals surface area contributed by atoms with Crippen LogP contribution in [-0.2, 0) is 14.2 Å². The van der Waals surface area contributed by atoms with Crippen molar-refractivity contribution in [2.75, 3.05) is 19.8 Å². The van der Waals surface area contributed by atoms with Gasteiger partial charge in [0.25, 0.3) is 0 Å². The lowest BCUT2D eigenvalue weighted by Crippen LogP contribution is -2.33. The zero-order chi connectivity index (χ0) is 12.2. The zero-order valence-electron chi connectivity index (χ0n) is 10.2. The summed E-state index contributed by atoms with van der Waals surface area (Å²) in [5, 5.41) is 0. The van der Waals surface area contributed by atoms with Crippen LogP contribution in [-0.4, -0.2) is 37.6 Å². The molecule has 0 bridgehead atoms. The number of rotatable bonds is 7. The minimum absolute atomic E-state index is 0.294. The van der Waals surface area contributed by atoms with Crippen LogP contribution in [0.3, 0.4) is 0 Å². The van der Waals surface area contributed by atoms with Gasteiger partial charge < -0.3 is 19.9 Å². The fourth-order valence-corrected chi connectivity index (χ4v) is 1.78. The van der Waals surface area contributed by atoms with Crippen LogP contribution in [0, 0.1) is 5.92 Å². The number of carbonyl (C=O) groups is 1. The number of carbonyl (C=O) groups excluding carboxylic acids is 1. The maximum Gasteiger partial charge on any atom is 0.405 e. The van der Waals surface area contributed by atoms with Gasteiger partial charge in [0.15, 0.2) is 0 Å². The minimum atomic E-state index is -0.732. The second-order valence-electron chi connectivity index (χ2n) is 4.98. The first-order valence-corrected chi connectivity index (χ1v) is 5.57. The molecule has 2 unspecified atom stereocenters. The Balaban J connectivity index is 2.14. The van der Waals surface area contributed by atoms with Gasteiger partial charge >= 0.3 is 6.09 Å². The van der Waals surface area contributed by atoms with E-state index in [-0.39, 0.29) is 0 Å². The molecule has 1 saturated heterocycles. The Hall–Kier alpha value is -0.810. The quantitative estimate of drug-likeness (QED) is 0.670. The maximum absolute atomic E-state index is 10.7. The molecule has 1 amide bonds. The Morgan fingerprint density at radius 1 is 1.62 bits per heavy atom. The van der Waals surface area contributed by atoms with Crippen LogP contribution in [0.5, 0.6) is 0 Å². The van der Waals surface area contributed by atoms with Gasteiger partial charge in [-0.3, -0.25) is 0 Å². The molecule has 1 heterocycles. The fraction of sp³-hybridized carbons (Fsp3) is 0.909. The van der Waals surface area contributed by atoms with E-state index >= 15 is 0 Å². The maximum atomic E-state index is 10.7. The molecule has 94 valence electrons. The number of nitrogens with two attached hydrogens (primary N) is 1. The van der Waals surface area contributed by atoms with Gasteiger partial charge in [-0.05, 0) is 26.2 Å². The molecule has 1 aliphatic rings. The lowest BCUT2D eigenvalue weighted by atomic mass is 9.95. The summed E-state index contributed by atoms with van der Waals surface area (Å²) in [4.78, 5) is 10.7. The first-order chi connectivity index (χ1) is 7.39. The van der Waals surface area contributed by atoms with E-state index in [0.717, 1.165) is 13.0 Å². The van der Waals surface area contributed by atoms with Gasteiger partial charge in [0, 0.05) is 6.61 Å². The van der Waals surface area contributed by atoms with E-state index in [9.17, 15) is 4.79 Å². The van der Waals surface area contributed by atoms with Crippen molar-refractivity contribution in [2.24, 2.45) is 11.7 Å². The standard InChI is InChI=1S/C11H21NO4/c1-8(5-14-6-9-7-15-9)4-11(2,3)16-10(12)13/h8-9H,4-7H2,1-3H3,(H2,12,13). The number of ether oxygens (including phenoxy) is 3.